The number of fused-ring (bicyclic) bond motifs is 1. The van der Waals surface area contributed by atoms with Crippen molar-refractivity contribution in [1.82, 2.24) is 0 Å². The van der Waals surface area contributed by atoms with Gasteiger partial charge < -0.3 is 20.5 Å². The van der Waals surface area contributed by atoms with E-state index in [9.17, 15) is 0 Å². The van der Waals surface area contributed by atoms with Crippen molar-refractivity contribution in [2.45, 2.75) is 32.2 Å². The maximum Gasteiger partial charge on any atom is 0.193 e. The number of hydrogen-bond donors (Lipinski definition) is 2. The predicted molar refractivity (Wildman–Crippen MR) is 79.5 cm³/mol. The smallest absolute Gasteiger partial charge is 0.193 e. The highest BCUT2D eigenvalue weighted by molar-refractivity contribution is 5.92. The number of nitrogens with zero attached hydrogens (tertiary/aromatic N) is 1. The second-order valence-corrected chi connectivity index (χ2v) is 5.47. The Morgan fingerprint density at radius 2 is 2.05 bits per heavy atom. The predicted octanol–water partition coefficient (Wildman–Crippen LogP) is 2.37. The summed E-state index contributed by atoms with van der Waals surface area (Å²) in [6.07, 6.45) is 3.27. The van der Waals surface area contributed by atoms with Gasteiger partial charge in [0.15, 0.2) is 17.5 Å². The van der Waals surface area contributed by atoms with E-state index in [4.69, 9.17) is 15.2 Å². The van der Waals surface area contributed by atoms with E-state index in [-0.39, 0.29) is 0 Å². The van der Waals surface area contributed by atoms with Crippen molar-refractivity contribution in [3.05, 3.63) is 18.2 Å². The van der Waals surface area contributed by atoms with Crippen LogP contribution in [0.2, 0.25) is 0 Å². The number of nitrogens with two attached hydrogens (primary N) is 1. The minimum absolute atomic E-state index is 0.364. The normalized spacial score (nSPS) is 25.6. The highest BCUT2D eigenvalue weighted by Gasteiger charge is 2.26. The Balaban J connectivity index is 1.69. The standard InChI is InChI=1S/C15H21N3O2/c1-10-3-5-12(10)18-15(16)17-11-4-6-13-14(9-11)20-8-2-7-19-13/h4,6,9-10,12H,2-3,5,7-8H2,1H3,(H3,16,17,18). The Kier molecular flexibility index (Phi) is 3.67. The van der Waals surface area contributed by atoms with Crippen molar-refractivity contribution in [2.75, 3.05) is 18.5 Å². The Labute approximate surface area is 119 Å². The first-order valence-corrected chi connectivity index (χ1v) is 7.22. The van der Waals surface area contributed by atoms with Crippen molar-refractivity contribution in [1.29, 1.82) is 0 Å². The molecule has 0 spiro atoms. The Bertz CT molecular complexity index is 516. The number of hydrogen-bond acceptors (Lipinski definition) is 3. The summed E-state index contributed by atoms with van der Waals surface area (Å²) in [7, 11) is 0. The third-order valence-corrected chi connectivity index (χ3v) is 3.90. The van der Waals surface area contributed by atoms with Gasteiger partial charge in [0.1, 0.15) is 0 Å². The van der Waals surface area contributed by atoms with Gasteiger partial charge in [-0.25, -0.2) is 4.99 Å². The maximum atomic E-state index is 5.95. The average molecular weight is 275 g/mol. The molecule has 1 aromatic carbocycles. The molecule has 20 heavy (non-hydrogen) atoms. The number of benzene rings is 1. The molecule has 1 saturated carbocycles. The van der Waals surface area contributed by atoms with E-state index in [1.165, 1.54) is 6.42 Å². The number of guanidine groups is 1. The molecule has 2 atom stereocenters. The third kappa shape index (κ3) is 2.81. The fraction of sp³-hybridized carbons (Fsp3) is 0.533. The van der Waals surface area contributed by atoms with Crippen LogP contribution in [0, 0.1) is 5.92 Å². The van der Waals surface area contributed by atoms with Crippen molar-refractivity contribution in [2.24, 2.45) is 16.6 Å². The van der Waals surface area contributed by atoms with Gasteiger partial charge in [-0.05, 0) is 30.9 Å². The van der Waals surface area contributed by atoms with E-state index < -0.39 is 0 Å². The summed E-state index contributed by atoms with van der Waals surface area (Å²) in [5, 5.41) is 3.12. The molecule has 5 heteroatoms. The molecule has 1 aromatic rings. The van der Waals surface area contributed by atoms with Crippen LogP contribution in [0.15, 0.2) is 23.2 Å². The monoisotopic (exact) mass is 275 g/mol. The molecule has 3 N–H and O–H groups in total. The first kappa shape index (κ1) is 13.1. The van der Waals surface area contributed by atoms with Crippen molar-refractivity contribution < 1.29 is 9.47 Å². The number of nitrogens with one attached hydrogen (secondary N) is 1. The van der Waals surface area contributed by atoms with Gasteiger partial charge in [-0.1, -0.05) is 6.92 Å². The fourth-order valence-electron chi connectivity index (χ4n) is 2.44. The van der Waals surface area contributed by atoms with Crippen LogP contribution in [-0.4, -0.2) is 25.2 Å². The summed E-state index contributed by atoms with van der Waals surface area (Å²) in [5.74, 6) is 2.66. The lowest BCUT2D eigenvalue weighted by atomic mass is 9.82. The first-order valence-electron chi connectivity index (χ1n) is 7.22. The van der Waals surface area contributed by atoms with Gasteiger partial charge in [0.2, 0.25) is 0 Å². The molecule has 3 rings (SSSR count). The molecular formula is C15H21N3O2. The fourth-order valence-corrected chi connectivity index (χ4v) is 2.44. The minimum Gasteiger partial charge on any atom is -0.490 e. The molecule has 0 amide bonds. The van der Waals surface area contributed by atoms with Gasteiger partial charge >= 0.3 is 0 Å². The zero-order valence-electron chi connectivity index (χ0n) is 11.8. The molecule has 0 bridgehead atoms. The molecular weight excluding hydrogens is 254 g/mol. The molecule has 0 aromatic heterocycles. The van der Waals surface area contributed by atoms with Gasteiger partial charge in [-0.15, -0.1) is 0 Å². The van der Waals surface area contributed by atoms with Crippen LogP contribution in [0.4, 0.5) is 5.69 Å². The molecule has 1 aliphatic heterocycles. The lowest BCUT2D eigenvalue weighted by molar-refractivity contribution is 0.284. The molecule has 1 heterocycles. The van der Waals surface area contributed by atoms with Crippen LogP contribution in [0.1, 0.15) is 26.2 Å². The van der Waals surface area contributed by atoms with Gasteiger partial charge in [0.25, 0.3) is 0 Å². The topological polar surface area (TPSA) is 68.9 Å². The van der Waals surface area contributed by atoms with E-state index in [1.54, 1.807) is 0 Å². The van der Waals surface area contributed by atoms with Gasteiger partial charge in [0, 0.05) is 18.2 Å². The molecule has 1 aliphatic carbocycles. The summed E-state index contributed by atoms with van der Waals surface area (Å²) < 4.78 is 11.3. The van der Waals surface area contributed by atoms with E-state index in [1.807, 2.05) is 18.2 Å². The zero-order chi connectivity index (χ0) is 13.9. The molecule has 2 aliphatic rings. The number of rotatable bonds is 2. The van der Waals surface area contributed by atoms with E-state index in [0.29, 0.717) is 31.1 Å². The average Bonchev–Trinajstić information content (AvgIpc) is 2.68. The van der Waals surface area contributed by atoms with Crippen LogP contribution in [0.25, 0.3) is 0 Å². The minimum atomic E-state index is 0.364. The van der Waals surface area contributed by atoms with Crippen molar-refractivity contribution in [3.63, 3.8) is 0 Å². The Hall–Kier alpha value is -1.91. The number of aliphatic imine (C=N–C) groups is 1. The van der Waals surface area contributed by atoms with Crippen molar-refractivity contribution in [3.8, 4) is 11.5 Å². The molecule has 108 valence electrons. The summed E-state index contributed by atoms with van der Waals surface area (Å²) in [6.45, 7) is 3.58. The lowest BCUT2D eigenvalue weighted by Crippen LogP contribution is -2.32. The maximum absolute atomic E-state index is 5.95. The second-order valence-electron chi connectivity index (χ2n) is 5.47. The van der Waals surface area contributed by atoms with Gasteiger partial charge in [-0.3, -0.25) is 0 Å². The summed E-state index contributed by atoms with van der Waals surface area (Å²) in [4.78, 5) is 4.50. The highest BCUT2D eigenvalue weighted by Crippen LogP contribution is 2.32. The highest BCUT2D eigenvalue weighted by atomic mass is 16.5. The van der Waals surface area contributed by atoms with Gasteiger partial charge in [0.05, 0.1) is 19.3 Å². The van der Waals surface area contributed by atoms with Crippen LogP contribution in [-0.2, 0) is 0 Å². The zero-order valence-corrected chi connectivity index (χ0v) is 11.8. The van der Waals surface area contributed by atoms with E-state index >= 15 is 0 Å². The molecule has 2 unspecified atom stereocenters. The van der Waals surface area contributed by atoms with Crippen LogP contribution in [0.5, 0.6) is 11.5 Å². The van der Waals surface area contributed by atoms with Crippen molar-refractivity contribution >= 4 is 11.6 Å². The van der Waals surface area contributed by atoms with Gasteiger partial charge in [-0.2, -0.15) is 0 Å². The molecule has 1 fully saturated rings. The summed E-state index contributed by atoms with van der Waals surface area (Å²) in [6, 6.07) is 6.11. The largest absolute Gasteiger partial charge is 0.490 e. The van der Waals surface area contributed by atoms with Crippen LogP contribution in [0.3, 0.4) is 0 Å². The summed E-state index contributed by atoms with van der Waals surface area (Å²) in [5.41, 5.74) is 6.83. The summed E-state index contributed by atoms with van der Waals surface area (Å²) >= 11 is 0. The second kappa shape index (κ2) is 5.61. The van der Waals surface area contributed by atoms with Crippen LogP contribution >= 0.6 is 0 Å². The quantitative estimate of drug-likeness (QED) is 0.642. The lowest BCUT2D eigenvalue weighted by Gasteiger charge is -2.30. The number of anilines is 1. The molecule has 0 radical (unpaired) electrons. The molecule has 0 saturated heterocycles. The number of ether oxygens (including phenoxy) is 2. The van der Waals surface area contributed by atoms with E-state index in [2.05, 4.69) is 17.2 Å². The molecule has 5 nitrogen and oxygen atoms in total. The van der Waals surface area contributed by atoms with E-state index in [0.717, 1.165) is 30.0 Å². The third-order valence-electron chi connectivity index (χ3n) is 3.90. The SMILES string of the molecule is CC1CCC1N=C(N)Nc1ccc2c(c1)OCCCO2. The van der Waals surface area contributed by atoms with Crippen LogP contribution < -0.4 is 20.5 Å². The Morgan fingerprint density at radius 3 is 2.75 bits per heavy atom. The first-order chi connectivity index (χ1) is 9.72. The Morgan fingerprint density at radius 1 is 1.25 bits per heavy atom.